The monoisotopic (exact) mass is 199 g/mol. The third kappa shape index (κ3) is 2.13. The number of nitrogens with zero attached hydrogens (tertiary/aromatic N) is 1. The van der Waals surface area contributed by atoms with Crippen molar-refractivity contribution in [1.82, 2.24) is 4.90 Å². The van der Waals surface area contributed by atoms with E-state index < -0.39 is 0 Å². The molecule has 4 heteroatoms. The van der Waals surface area contributed by atoms with Crippen LogP contribution >= 0.6 is 0 Å². The normalized spacial score (nSPS) is 26.9. The number of likely N-dealkylation sites (tertiary alicyclic amines) is 1. The number of hydrogen-bond donors (Lipinski definition) is 0. The second-order valence-electron chi connectivity index (χ2n) is 4.09. The van der Waals surface area contributed by atoms with Gasteiger partial charge in [-0.05, 0) is 6.92 Å². The van der Waals surface area contributed by atoms with Crippen LogP contribution in [-0.2, 0) is 14.3 Å². The van der Waals surface area contributed by atoms with Gasteiger partial charge in [0.15, 0.2) is 5.79 Å². The molecule has 2 saturated heterocycles. The number of ketones is 1. The van der Waals surface area contributed by atoms with Crippen LogP contribution < -0.4 is 0 Å². The van der Waals surface area contributed by atoms with Crippen LogP contribution in [0.25, 0.3) is 0 Å². The highest BCUT2D eigenvalue weighted by Gasteiger charge is 2.39. The zero-order valence-electron chi connectivity index (χ0n) is 8.62. The van der Waals surface area contributed by atoms with Crippen molar-refractivity contribution in [1.29, 1.82) is 0 Å². The molecule has 80 valence electrons. The molecular formula is C10H17NO3. The Balaban J connectivity index is 1.82. The minimum absolute atomic E-state index is 0.231. The minimum Gasteiger partial charge on any atom is -0.347 e. The number of piperidine rings is 1. The molecule has 2 aliphatic heterocycles. The molecule has 0 atom stereocenters. The summed E-state index contributed by atoms with van der Waals surface area (Å²) in [5.74, 6) is -0.0815. The van der Waals surface area contributed by atoms with E-state index in [1.54, 1.807) is 6.92 Å². The zero-order valence-corrected chi connectivity index (χ0v) is 8.62. The van der Waals surface area contributed by atoms with E-state index in [2.05, 4.69) is 4.90 Å². The number of hydrogen-bond acceptors (Lipinski definition) is 4. The molecular weight excluding hydrogens is 182 g/mol. The van der Waals surface area contributed by atoms with Crippen molar-refractivity contribution in [2.45, 2.75) is 25.6 Å². The largest absolute Gasteiger partial charge is 0.347 e. The van der Waals surface area contributed by atoms with Crippen LogP contribution in [0.2, 0.25) is 0 Å². The van der Waals surface area contributed by atoms with Gasteiger partial charge in [0.2, 0.25) is 0 Å². The molecule has 2 aliphatic rings. The molecule has 1 spiro atoms. The van der Waals surface area contributed by atoms with Gasteiger partial charge in [-0.15, -0.1) is 0 Å². The van der Waals surface area contributed by atoms with Gasteiger partial charge < -0.3 is 9.47 Å². The van der Waals surface area contributed by atoms with Crippen LogP contribution in [0.4, 0.5) is 0 Å². The lowest BCUT2D eigenvalue weighted by Gasteiger charge is -2.37. The molecule has 0 amide bonds. The maximum atomic E-state index is 10.9. The number of ether oxygens (including phenoxy) is 2. The second kappa shape index (κ2) is 3.96. The van der Waals surface area contributed by atoms with Crippen molar-refractivity contribution in [3.8, 4) is 0 Å². The van der Waals surface area contributed by atoms with E-state index in [1.807, 2.05) is 0 Å². The molecule has 0 aliphatic carbocycles. The van der Waals surface area contributed by atoms with Crippen LogP contribution in [0.5, 0.6) is 0 Å². The predicted octanol–water partition coefficient (Wildman–Crippen LogP) is 0.414. The van der Waals surface area contributed by atoms with E-state index in [4.69, 9.17) is 9.47 Å². The fraction of sp³-hybridized carbons (Fsp3) is 0.900. The van der Waals surface area contributed by atoms with Gasteiger partial charge in [0.05, 0.1) is 19.8 Å². The molecule has 0 aromatic carbocycles. The van der Waals surface area contributed by atoms with Gasteiger partial charge in [0.25, 0.3) is 0 Å². The number of carbonyl (C=O) groups is 1. The topological polar surface area (TPSA) is 38.8 Å². The van der Waals surface area contributed by atoms with Crippen molar-refractivity contribution < 1.29 is 14.3 Å². The van der Waals surface area contributed by atoms with E-state index in [1.165, 1.54) is 0 Å². The van der Waals surface area contributed by atoms with Crippen LogP contribution in [0, 0.1) is 0 Å². The van der Waals surface area contributed by atoms with Gasteiger partial charge in [-0.1, -0.05) is 0 Å². The van der Waals surface area contributed by atoms with Crippen molar-refractivity contribution in [2.75, 3.05) is 32.8 Å². The van der Waals surface area contributed by atoms with Crippen LogP contribution in [-0.4, -0.2) is 49.3 Å². The third-order valence-corrected chi connectivity index (χ3v) is 2.88. The first-order valence-electron chi connectivity index (χ1n) is 5.20. The van der Waals surface area contributed by atoms with Gasteiger partial charge in [-0.2, -0.15) is 0 Å². The molecule has 0 saturated carbocycles. The maximum absolute atomic E-state index is 10.9. The summed E-state index contributed by atoms with van der Waals surface area (Å²) in [6.07, 6.45) is 1.78. The molecule has 2 fully saturated rings. The zero-order chi connectivity index (χ0) is 10.0. The molecule has 0 N–H and O–H groups in total. The van der Waals surface area contributed by atoms with E-state index >= 15 is 0 Å². The predicted molar refractivity (Wildman–Crippen MR) is 51.0 cm³/mol. The second-order valence-corrected chi connectivity index (χ2v) is 4.09. The number of Topliss-reactive ketones (excluding diaryl/α,β-unsaturated/α-hetero) is 1. The quantitative estimate of drug-likeness (QED) is 0.646. The molecule has 4 nitrogen and oxygen atoms in total. The van der Waals surface area contributed by atoms with Crippen molar-refractivity contribution in [3.05, 3.63) is 0 Å². The van der Waals surface area contributed by atoms with Crippen molar-refractivity contribution >= 4 is 5.78 Å². The molecule has 0 aromatic rings. The van der Waals surface area contributed by atoms with E-state index in [-0.39, 0.29) is 11.6 Å². The summed E-state index contributed by atoms with van der Waals surface area (Å²) < 4.78 is 11.2. The summed E-state index contributed by atoms with van der Waals surface area (Å²) >= 11 is 0. The molecule has 0 radical (unpaired) electrons. The van der Waals surface area contributed by atoms with Crippen molar-refractivity contribution in [2.24, 2.45) is 0 Å². The first-order chi connectivity index (χ1) is 6.70. The Kier molecular flexibility index (Phi) is 2.85. The standard InChI is InChI=1S/C10H17NO3/c1-9(12)8-11-4-2-10(3-5-11)13-6-7-14-10/h2-8H2,1H3. The number of carbonyl (C=O) groups excluding carboxylic acids is 1. The lowest BCUT2D eigenvalue weighted by molar-refractivity contribution is -0.185. The Morgan fingerprint density at radius 2 is 1.86 bits per heavy atom. The van der Waals surface area contributed by atoms with Gasteiger partial charge in [0.1, 0.15) is 5.78 Å². The molecule has 0 unspecified atom stereocenters. The summed E-state index contributed by atoms with van der Waals surface area (Å²) in [6.45, 7) is 5.43. The smallest absolute Gasteiger partial charge is 0.170 e. The first-order valence-corrected chi connectivity index (χ1v) is 5.20. The molecule has 0 aromatic heterocycles. The van der Waals surface area contributed by atoms with Gasteiger partial charge in [-0.25, -0.2) is 0 Å². The molecule has 14 heavy (non-hydrogen) atoms. The Hall–Kier alpha value is -0.450. The summed E-state index contributed by atoms with van der Waals surface area (Å²) in [5, 5.41) is 0. The Morgan fingerprint density at radius 3 is 2.36 bits per heavy atom. The van der Waals surface area contributed by atoms with Crippen molar-refractivity contribution in [3.63, 3.8) is 0 Å². The van der Waals surface area contributed by atoms with Crippen LogP contribution in [0.15, 0.2) is 0 Å². The highest BCUT2D eigenvalue weighted by molar-refractivity contribution is 5.77. The Labute approximate surface area is 84.2 Å². The van der Waals surface area contributed by atoms with Crippen LogP contribution in [0.1, 0.15) is 19.8 Å². The summed E-state index contributed by atoms with van der Waals surface area (Å²) in [6, 6.07) is 0. The molecule has 2 heterocycles. The Bertz CT molecular complexity index is 213. The summed E-state index contributed by atoms with van der Waals surface area (Å²) in [7, 11) is 0. The van der Waals surface area contributed by atoms with E-state index in [0.29, 0.717) is 19.8 Å². The summed E-state index contributed by atoms with van der Waals surface area (Å²) in [4.78, 5) is 13.1. The lowest BCUT2D eigenvalue weighted by Crippen LogP contribution is -2.46. The molecule has 2 rings (SSSR count). The average Bonchev–Trinajstić information content (AvgIpc) is 2.58. The maximum Gasteiger partial charge on any atom is 0.170 e. The third-order valence-electron chi connectivity index (χ3n) is 2.88. The van der Waals surface area contributed by atoms with Crippen LogP contribution in [0.3, 0.4) is 0 Å². The average molecular weight is 199 g/mol. The van der Waals surface area contributed by atoms with Gasteiger partial charge >= 0.3 is 0 Å². The Morgan fingerprint density at radius 1 is 1.29 bits per heavy atom. The SMILES string of the molecule is CC(=O)CN1CCC2(CC1)OCCO2. The molecule has 0 bridgehead atoms. The fourth-order valence-electron chi connectivity index (χ4n) is 2.15. The fourth-order valence-corrected chi connectivity index (χ4v) is 2.15. The van der Waals surface area contributed by atoms with Gasteiger partial charge in [0, 0.05) is 25.9 Å². The minimum atomic E-state index is -0.312. The van der Waals surface area contributed by atoms with Gasteiger partial charge in [-0.3, -0.25) is 9.69 Å². The highest BCUT2D eigenvalue weighted by atomic mass is 16.7. The van der Waals surface area contributed by atoms with E-state index in [9.17, 15) is 4.79 Å². The highest BCUT2D eigenvalue weighted by Crippen LogP contribution is 2.30. The van der Waals surface area contributed by atoms with E-state index in [0.717, 1.165) is 25.9 Å². The lowest BCUT2D eigenvalue weighted by atomic mass is 10.0. The summed E-state index contributed by atoms with van der Waals surface area (Å²) in [5.41, 5.74) is 0. The first kappa shape index (κ1) is 10.1. The number of rotatable bonds is 2.